The number of aromatic nitrogens is 2. The fourth-order valence-corrected chi connectivity index (χ4v) is 1.46. The van der Waals surface area contributed by atoms with Crippen LogP contribution >= 0.6 is 0 Å². The van der Waals surface area contributed by atoms with Gasteiger partial charge in [-0.15, -0.1) is 5.10 Å². The van der Waals surface area contributed by atoms with Crippen molar-refractivity contribution in [2.45, 2.75) is 19.9 Å². The third-order valence-electron chi connectivity index (χ3n) is 2.76. The lowest BCUT2D eigenvalue weighted by Crippen LogP contribution is -2.12. The Morgan fingerprint density at radius 2 is 2.00 bits per heavy atom. The smallest absolute Gasteiger partial charge is 0.320 e. The highest BCUT2D eigenvalue weighted by Crippen LogP contribution is 2.25. The maximum absolute atomic E-state index is 13.8. The molecule has 2 rings (SSSR count). The SMILES string of the molecule is CNC(C)c1nnc(Nc2c(F)ccc(C)c2F)o1. The van der Waals surface area contributed by atoms with Crippen molar-refractivity contribution in [1.82, 2.24) is 15.5 Å². The topological polar surface area (TPSA) is 63.0 Å². The van der Waals surface area contributed by atoms with Crippen molar-refractivity contribution in [2.24, 2.45) is 0 Å². The fourth-order valence-electron chi connectivity index (χ4n) is 1.46. The van der Waals surface area contributed by atoms with Gasteiger partial charge in [0.05, 0.1) is 6.04 Å². The van der Waals surface area contributed by atoms with Crippen molar-refractivity contribution in [1.29, 1.82) is 0 Å². The lowest BCUT2D eigenvalue weighted by atomic mass is 10.2. The molecular weight excluding hydrogens is 254 g/mol. The number of hydrogen-bond donors (Lipinski definition) is 2. The first-order chi connectivity index (χ1) is 9.02. The Balaban J connectivity index is 2.27. The quantitative estimate of drug-likeness (QED) is 0.892. The zero-order valence-corrected chi connectivity index (χ0v) is 10.8. The number of rotatable bonds is 4. The molecule has 0 saturated carbocycles. The Kier molecular flexibility index (Phi) is 3.75. The van der Waals surface area contributed by atoms with Crippen molar-refractivity contribution in [2.75, 3.05) is 12.4 Å². The zero-order valence-electron chi connectivity index (χ0n) is 10.8. The second kappa shape index (κ2) is 5.31. The van der Waals surface area contributed by atoms with Gasteiger partial charge in [0, 0.05) is 0 Å². The molecule has 0 aliphatic heterocycles. The molecule has 1 heterocycles. The molecule has 2 aromatic rings. The Morgan fingerprint density at radius 1 is 1.26 bits per heavy atom. The molecule has 0 aliphatic rings. The van der Waals surface area contributed by atoms with E-state index in [9.17, 15) is 8.78 Å². The molecule has 102 valence electrons. The molecule has 0 saturated heterocycles. The average molecular weight is 268 g/mol. The minimum atomic E-state index is -0.718. The van der Waals surface area contributed by atoms with Crippen LogP contribution in [0.2, 0.25) is 0 Å². The molecule has 0 bridgehead atoms. The van der Waals surface area contributed by atoms with Gasteiger partial charge in [-0.25, -0.2) is 8.78 Å². The number of halogens is 2. The predicted molar refractivity (Wildman–Crippen MR) is 66.2 cm³/mol. The minimum Gasteiger partial charge on any atom is -0.406 e. The summed E-state index contributed by atoms with van der Waals surface area (Å²) in [6, 6.07) is 2.34. The van der Waals surface area contributed by atoms with Crippen LogP contribution in [0, 0.1) is 18.6 Å². The molecular formula is C12H14F2N4O. The molecule has 0 radical (unpaired) electrons. The maximum atomic E-state index is 13.8. The molecule has 1 unspecified atom stereocenters. The van der Waals surface area contributed by atoms with Crippen LogP contribution in [-0.2, 0) is 0 Å². The Labute approximate surface area is 109 Å². The third kappa shape index (κ3) is 2.70. The van der Waals surface area contributed by atoms with Gasteiger partial charge in [-0.3, -0.25) is 0 Å². The fraction of sp³-hybridized carbons (Fsp3) is 0.333. The summed E-state index contributed by atoms with van der Waals surface area (Å²) < 4.78 is 32.6. The first kappa shape index (κ1) is 13.4. The summed E-state index contributed by atoms with van der Waals surface area (Å²) >= 11 is 0. The van der Waals surface area contributed by atoms with E-state index in [0.717, 1.165) is 0 Å². The third-order valence-corrected chi connectivity index (χ3v) is 2.76. The largest absolute Gasteiger partial charge is 0.406 e. The van der Waals surface area contributed by atoms with E-state index in [4.69, 9.17) is 4.42 Å². The van der Waals surface area contributed by atoms with Crippen LogP contribution in [0.5, 0.6) is 0 Å². The second-order valence-electron chi connectivity index (χ2n) is 4.13. The molecule has 0 fully saturated rings. The minimum absolute atomic E-state index is 0.0551. The summed E-state index contributed by atoms with van der Waals surface area (Å²) in [4.78, 5) is 0. The van der Waals surface area contributed by atoms with E-state index in [-0.39, 0.29) is 17.7 Å². The van der Waals surface area contributed by atoms with Gasteiger partial charge in [-0.05, 0) is 32.5 Å². The molecule has 2 N–H and O–H groups in total. The molecule has 7 heteroatoms. The van der Waals surface area contributed by atoms with Crippen LogP contribution in [0.4, 0.5) is 20.5 Å². The Bertz CT molecular complexity index is 585. The van der Waals surface area contributed by atoms with Crippen molar-refractivity contribution < 1.29 is 13.2 Å². The van der Waals surface area contributed by atoms with E-state index in [1.54, 1.807) is 14.0 Å². The van der Waals surface area contributed by atoms with Gasteiger partial charge in [0.25, 0.3) is 0 Å². The summed E-state index contributed by atoms with van der Waals surface area (Å²) in [7, 11) is 1.74. The molecule has 1 aromatic heterocycles. The van der Waals surface area contributed by atoms with Crippen molar-refractivity contribution in [3.63, 3.8) is 0 Å². The van der Waals surface area contributed by atoms with Gasteiger partial charge >= 0.3 is 6.01 Å². The normalized spacial score (nSPS) is 12.5. The van der Waals surface area contributed by atoms with Gasteiger partial charge in [0.2, 0.25) is 5.89 Å². The van der Waals surface area contributed by atoms with E-state index in [1.165, 1.54) is 12.1 Å². The number of aryl methyl sites for hydroxylation is 1. The number of nitrogens with one attached hydrogen (secondary N) is 2. The lowest BCUT2D eigenvalue weighted by molar-refractivity contribution is 0.442. The summed E-state index contributed by atoms with van der Waals surface area (Å²) in [5.41, 5.74) is 0.0274. The van der Waals surface area contributed by atoms with Crippen molar-refractivity contribution in [3.8, 4) is 0 Å². The van der Waals surface area contributed by atoms with E-state index >= 15 is 0 Å². The number of hydrogen-bond acceptors (Lipinski definition) is 5. The van der Waals surface area contributed by atoms with Gasteiger partial charge in [-0.1, -0.05) is 11.2 Å². The highest BCUT2D eigenvalue weighted by Gasteiger charge is 2.16. The summed E-state index contributed by atoms with van der Waals surface area (Å²) in [5, 5.41) is 12.9. The van der Waals surface area contributed by atoms with Gasteiger partial charge in [-0.2, -0.15) is 0 Å². The van der Waals surface area contributed by atoms with Crippen LogP contribution in [0.15, 0.2) is 16.5 Å². The number of benzene rings is 1. The van der Waals surface area contributed by atoms with E-state index in [2.05, 4.69) is 20.8 Å². The van der Waals surface area contributed by atoms with E-state index in [1.807, 2.05) is 6.92 Å². The number of anilines is 2. The van der Waals surface area contributed by atoms with E-state index < -0.39 is 11.6 Å². The van der Waals surface area contributed by atoms with Crippen molar-refractivity contribution in [3.05, 3.63) is 35.2 Å². The van der Waals surface area contributed by atoms with E-state index in [0.29, 0.717) is 11.5 Å². The van der Waals surface area contributed by atoms with Crippen LogP contribution < -0.4 is 10.6 Å². The molecule has 1 atom stereocenters. The molecule has 1 aromatic carbocycles. The van der Waals surface area contributed by atoms with Crippen LogP contribution in [0.3, 0.4) is 0 Å². The molecule has 0 aliphatic carbocycles. The Hall–Kier alpha value is -2.02. The summed E-state index contributed by atoms with van der Waals surface area (Å²) in [6.45, 7) is 3.37. The van der Waals surface area contributed by atoms with Crippen molar-refractivity contribution >= 4 is 11.7 Å². The zero-order chi connectivity index (χ0) is 14.0. The van der Waals surface area contributed by atoms with Gasteiger partial charge in [0.1, 0.15) is 11.5 Å². The monoisotopic (exact) mass is 268 g/mol. The second-order valence-corrected chi connectivity index (χ2v) is 4.13. The molecule has 5 nitrogen and oxygen atoms in total. The molecule has 0 amide bonds. The highest BCUT2D eigenvalue weighted by molar-refractivity contribution is 5.55. The highest BCUT2D eigenvalue weighted by atomic mass is 19.1. The van der Waals surface area contributed by atoms with Crippen LogP contribution in [0.25, 0.3) is 0 Å². The summed E-state index contributed by atoms with van der Waals surface area (Å²) in [5.74, 6) is -1.07. The van der Waals surface area contributed by atoms with Crippen LogP contribution in [-0.4, -0.2) is 17.2 Å². The van der Waals surface area contributed by atoms with Gasteiger partial charge < -0.3 is 15.1 Å². The maximum Gasteiger partial charge on any atom is 0.320 e. The summed E-state index contributed by atoms with van der Waals surface area (Å²) in [6.07, 6.45) is 0. The average Bonchev–Trinajstić information content (AvgIpc) is 2.87. The van der Waals surface area contributed by atoms with Crippen LogP contribution in [0.1, 0.15) is 24.4 Å². The molecule has 0 spiro atoms. The Morgan fingerprint density at radius 3 is 2.68 bits per heavy atom. The first-order valence-corrected chi connectivity index (χ1v) is 5.75. The first-order valence-electron chi connectivity index (χ1n) is 5.75. The standard InChI is InChI=1S/C12H14F2N4O/c1-6-4-5-8(13)10(9(6)14)16-12-18-17-11(19-12)7(2)15-3/h4-5,7,15H,1-3H3,(H,16,18). The predicted octanol–water partition coefficient (Wildman–Crippen LogP) is 2.68. The number of nitrogens with zero attached hydrogens (tertiary/aromatic N) is 2. The lowest BCUT2D eigenvalue weighted by Gasteiger charge is -2.07. The molecule has 19 heavy (non-hydrogen) atoms. The van der Waals surface area contributed by atoms with Gasteiger partial charge in [0.15, 0.2) is 5.82 Å².